The number of sulfonamides is 1. The minimum Gasteiger partial charge on any atom is -0.315 e. The summed E-state index contributed by atoms with van der Waals surface area (Å²) in [6.45, 7) is 7.33. The third kappa shape index (κ3) is 3.18. The molecule has 1 aliphatic carbocycles. The Morgan fingerprint density at radius 2 is 2.11 bits per heavy atom. The molecule has 0 saturated heterocycles. The van der Waals surface area contributed by atoms with E-state index in [0.717, 1.165) is 16.9 Å². The summed E-state index contributed by atoms with van der Waals surface area (Å²) in [4.78, 5) is 1.34. The number of rotatable bonds is 6. The molecule has 19 heavy (non-hydrogen) atoms. The Labute approximate surface area is 119 Å². The van der Waals surface area contributed by atoms with Gasteiger partial charge in [0.25, 0.3) is 0 Å². The fraction of sp³-hybridized carbons (Fsp3) is 0.692. The van der Waals surface area contributed by atoms with Crippen LogP contribution in [0.15, 0.2) is 10.3 Å². The van der Waals surface area contributed by atoms with E-state index in [9.17, 15) is 8.42 Å². The summed E-state index contributed by atoms with van der Waals surface area (Å²) < 4.78 is 27.6. The van der Waals surface area contributed by atoms with Gasteiger partial charge in [0.2, 0.25) is 10.0 Å². The first-order valence-corrected chi connectivity index (χ1v) is 8.85. The summed E-state index contributed by atoms with van der Waals surface area (Å²) in [5, 5.41) is 4.92. The van der Waals surface area contributed by atoms with E-state index < -0.39 is 10.0 Å². The Morgan fingerprint density at radius 1 is 1.47 bits per heavy atom. The molecule has 0 aliphatic heterocycles. The Balaban J connectivity index is 2.13. The van der Waals surface area contributed by atoms with Crippen molar-refractivity contribution in [1.29, 1.82) is 0 Å². The van der Waals surface area contributed by atoms with Crippen LogP contribution in [0.2, 0.25) is 0 Å². The molecule has 0 amide bonds. The molecule has 1 aromatic rings. The Morgan fingerprint density at radius 3 is 2.63 bits per heavy atom. The van der Waals surface area contributed by atoms with Gasteiger partial charge in [-0.25, -0.2) is 13.1 Å². The van der Waals surface area contributed by atoms with Gasteiger partial charge in [0.05, 0.1) is 0 Å². The largest absolute Gasteiger partial charge is 0.315 e. The molecule has 0 aromatic carbocycles. The Hall–Kier alpha value is -0.430. The molecule has 1 atom stereocenters. The van der Waals surface area contributed by atoms with Crippen molar-refractivity contribution in [2.75, 3.05) is 13.6 Å². The fourth-order valence-corrected chi connectivity index (χ4v) is 5.24. The zero-order valence-electron chi connectivity index (χ0n) is 11.9. The first-order valence-electron chi connectivity index (χ1n) is 6.49. The van der Waals surface area contributed by atoms with Gasteiger partial charge >= 0.3 is 0 Å². The van der Waals surface area contributed by atoms with Gasteiger partial charge in [-0.3, -0.25) is 0 Å². The average molecular weight is 302 g/mol. The smallest absolute Gasteiger partial charge is 0.241 e. The summed E-state index contributed by atoms with van der Waals surface area (Å²) in [7, 11) is -1.56. The molecule has 4 nitrogen and oxygen atoms in total. The van der Waals surface area contributed by atoms with Crippen LogP contribution in [-0.4, -0.2) is 22.0 Å². The highest BCUT2D eigenvalue weighted by Gasteiger charge is 2.45. The van der Waals surface area contributed by atoms with Crippen LogP contribution in [-0.2, 0) is 16.6 Å². The predicted octanol–water partition coefficient (Wildman–Crippen LogP) is 2.10. The van der Waals surface area contributed by atoms with Crippen molar-refractivity contribution in [2.24, 2.45) is 11.3 Å². The van der Waals surface area contributed by atoms with E-state index in [0.29, 0.717) is 29.3 Å². The van der Waals surface area contributed by atoms with Crippen molar-refractivity contribution in [3.63, 3.8) is 0 Å². The summed E-state index contributed by atoms with van der Waals surface area (Å²) in [6, 6.07) is 0. The SMILES string of the molecule is CNCc1scc(C)c1S(=O)(=O)NCC1CC1(C)C. The lowest BCUT2D eigenvalue weighted by Gasteiger charge is -2.10. The first kappa shape index (κ1) is 15.0. The molecule has 0 spiro atoms. The molecule has 1 unspecified atom stereocenters. The van der Waals surface area contributed by atoms with Crippen molar-refractivity contribution in [3.05, 3.63) is 15.8 Å². The molecule has 1 saturated carbocycles. The topological polar surface area (TPSA) is 58.2 Å². The van der Waals surface area contributed by atoms with Gasteiger partial charge in [0.1, 0.15) is 4.90 Å². The minimum absolute atomic E-state index is 0.292. The van der Waals surface area contributed by atoms with Crippen LogP contribution in [0.25, 0.3) is 0 Å². The number of hydrogen-bond acceptors (Lipinski definition) is 4. The molecule has 108 valence electrons. The van der Waals surface area contributed by atoms with E-state index >= 15 is 0 Å². The zero-order valence-corrected chi connectivity index (χ0v) is 13.5. The molecule has 1 fully saturated rings. The summed E-state index contributed by atoms with van der Waals surface area (Å²) in [6.07, 6.45) is 1.10. The number of thiophene rings is 1. The van der Waals surface area contributed by atoms with Crippen LogP contribution in [0, 0.1) is 18.3 Å². The molecule has 1 aliphatic rings. The third-order valence-corrected chi connectivity index (χ3v) is 6.72. The van der Waals surface area contributed by atoms with Crippen molar-refractivity contribution >= 4 is 21.4 Å². The highest BCUT2D eigenvalue weighted by Crippen LogP contribution is 2.51. The van der Waals surface area contributed by atoms with Crippen molar-refractivity contribution in [2.45, 2.75) is 38.6 Å². The van der Waals surface area contributed by atoms with Crippen LogP contribution >= 0.6 is 11.3 Å². The molecule has 1 aromatic heterocycles. The highest BCUT2D eigenvalue weighted by molar-refractivity contribution is 7.89. The molecule has 0 bridgehead atoms. The fourth-order valence-electron chi connectivity index (χ4n) is 2.34. The normalized spacial score (nSPS) is 21.6. The lowest BCUT2D eigenvalue weighted by Crippen LogP contribution is -2.28. The summed E-state index contributed by atoms with van der Waals surface area (Å²) in [5.41, 5.74) is 1.12. The van der Waals surface area contributed by atoms with E-state index in [1.807, 2.05) is 19.4 Å². The molecule has 6 heteroatoms. The van der Waals surface area contributed by atoms with Gasteiger partial charge in [-0.2, -0.15) is 0 Å². The maximum atomic E-state index is 12.4. The summed E-state index contributed by atoms with van der Waals surface area (Å²) >= 11 is 1.50. The maximum absolute atomic E-state index is 12.4. The predicted molar refractivity (Wildman–Crippen MR) is 78.9 cm³/mol. The van der Waals surface area contributed by atoms with Crippen LogP contribution < -0.4 is 10.0 Å². The quantitative estimate of drug-likeness (QED) is 0.846. The molecule has 2 rings (SSSR count). The van der Waals surface area contributed by atoms with E-state index in [2.05, 4.69) is 23.9 Å². The highest BCUT2D eigenvalue weighted by atomic mass is 32.2. The summed E-state index contributed by atoms with van der Waals surface area (Å²) in [5.74, 6) is 0.467. The molecule has 0 radical (unpaired) electrons. The van der Waals surface area contributed by atoms with E-state index in [1.54, 1.807) is 0 Å². The van der Waals surface area contributed by atoms with Crippen molar-refractivity contribution in [3.8, 4) is 0 Å². The number of hydrogen-bond donors (Lipinski definition) is 2. The standard InChI is InChI=1S/C13H22N2O2S2/c1-9-8-18-11(7-14-4)12(9)19(16,17)15-6-10-5-13(10,2)3/h8,10,14-15H,5-7H2,1-4H3. The van der Waals surface area contributed by atoms with E-state index in [1.165, 1.54) is 11.3 Å². The van der Waals surface area contributed by atoms with Gasteiger partial charge in [-0.1, -0.05) is 13.8 Å². The molecule has 2 N–H and O–H groups in total. The van der Waals surface area contributed by atoms with Crippen molar-refractivity contribution in [1.82, 2.24) is 10.0 Å². The average Bonchev–Trinajstić information content (AvgIpc) is 2.73. The third-order valence-electron chi connectivity index (χ3n) is 3.83. The monoisotopic (exact) mass is 302 g/mol. The van der Waals surface area contributed by atoms with Crippen LogP contribution in [0.1, 0.15) is 30.7 Å². The molecular formula is C13H22N2O2S2. The molecule has 1 heterocycles. The van der Waals surface area contributed by atoms with Gasteiger partial charge in [0, 0.05) is 18.0 Å². The van der Waals surface area contributed by atoms with E-state index in [-0.39, 0.29) is 0 Å². The lowest BCUT2D eigenvalue weighted by atomic mass is 10.1. The number of nitrogens with one attached hydrogen (secondary N) is 2. The molecular weight excluding hydrogens is 280 g/mol. The van der Waals surface area contributed by atoms with Gasteiger partial charge in [-0.15, -0.1) is 11.3 Å². The van der Waals surface area contributed by atoms with Crippen LogP contribution in [0.5, 0.6) is 0 Å². The lowest BCUT2D eigenvalue weighted by molar-refractivity contribution is 0.537. The van der Waals surface area contributed by atoms with Gasteiger partial charge in [0.15, 0.2) is 0 Å². The zero-order chi connectivity index (χ0) is 14.3. The Kier molecular flexibility index (Phi) is 4.07. The first-order chi connectivity index (χ1) is 8.78. The van der Waals surface area contributed by atoms with Gasteiger partial charge in [-0.05, 0) is 42.7 Å². The second kappa shape index (κ2) is 5.16. The minimum atomic E-state index is -3.39. The Bertz CT molecular complexity index is 561. The second-order valence-corrected chi connectivity index (χ2v) is 8.61. The van der Waals surface area contributed by atoms with Crippen molar-refractivity contribution < 1.29 is 8.42 Å². The second-order valence-electron chi connectivity index (χ2n) is 5.94. The maximum Gasteiger partial charge on any atom is 0.241 e. The van der Waals surface area contributed by atoms with Gasteiger partial charge < -0.3 is 5.32 Å². The van der Waals surface area contributed by atoms with Crippen LogP contribution in [0.3, 0.4) is 0 Å². The van der Waals surface area contributed by atoms with E-state index in [4.69, 9.17) is 0 Å². The number of aryl methyl sites for hydroxylation is 1. The van der Waals surface area contributed by atoms with Crippen LogP contribution in [0.4, 0.5) is 0 Å².